The molecule has 0 aliphatic carbocycles. The minimum Gasteiger partial charge on any atom is -0.391 e. The van der Waals surface area contributed by atoms with E-state index in [1.54, 1.807) is 22.5 Å². The summed E-state index contributed by atoms with van der Waals surface area (Å²) >= 11 is 0. The van der Waals surface area contributed by atoms with Gasteiger partial charge in [-0.2, -0.15) is 0 Å². The monoisotopic (exact) mass is 346 g/mol. The van der Waals surface area contributed by atoms with Gasteiger partial charge in [0.1, 0.15) is 5.69 Å². The molecule has 3 heterocycles. The van der Waals surface area contributed by atoms with Crippen LogP contribution < -0.4 is 11.2 Å². The molecule has 1 fully saturated rings. The third-order valence-corrected chi connectivity index (χ3v) is 4.79. The second-order valence-corrected chi connectivity index (χ2v) is 6.49. The lowest BCUT2D eigenvalue weighted by Crippen LogP contribution is -2.37. The minimum atomic E-state index is -0.769. The number of nitrogens with zero attached hydrogens (tertiary/aromatic N) is 3. The van der Waals surface area contributed by atoms with Gasteiger partial charge in [0.05, 0.1) is 12.1 Å². The molecule has 8 heteroatoms. The highest BCUT2D eigenvalue weighted by Crippen LogP contribution is 2.23. The van der Waals surface area contributed by atoms with Gasteiger partial charge in [0, 0.05) is 38.1 Å². The number of aliphatic hydroxyl groups excluding tert-OH is 1. The summed E-state index contributed by atoms with van der Waals surface area (Å²) in [5.41, 5.74) is 0.0320. The van der Waals surface area contributed by atoms with E-state index in [-0.39, 0.29) is 5.91 Å². The van der Waals surface area contributed by atoms with Crippen LogP contribution in [0.1, 0.15) is 34.9 Å². The van der Waals surface area contributed by atoms with Gasteiger partial charge < -0.3 is 14.6 Å². The average molecular weight is 346 g/mol. The van der Waals surface area contributed by atoms with E-state index in [1.807, 2.05) is 19.3 Å². The topological polar surface area (TPSA) is 100 Å². The first-order chi connectivity index (χ1) is 11.9. The first-order valence-electron chi connectivity index (χ1n) is 8.29. The van der Waals surface area contributed by atoms with Crippen LogP contribution in [0.5, 0.6) is 0 Å². The summed E-state index contributed by atoms with van der Waals surface area (Å²) in [4.78, 5) is 40.3. The lowest BCUT2D eigenvalue weighted by Gasteiger charge is -2.22. The molecule has 2 atom stereocenters. The highest BCUT2D eigenvalue weighted by Gasteiger charge is 2.29. The van der Waals surface area contributed by atoms with Gasteiger partial charge in [0.15, 0.2) is 0 Å². The van der Waals surface area contributed by atoms with Crippen molar-refractivity contribution in [1.29, 1.82) is 0 Å². The summed E-state index contributed by atoms with van der Waals surface area (Å²) in [5, 5.41) is 10.5. The summed E-state index contributed by atoms with van der Waals surface area (Å²) < 4.78 is 3.13. The lowest BCUT2D eigenvalue weighted by molar-refractivity contribution is 0.0742. The summed E-state index contributed by atoms with van der Waals surface area (Å²) in [6.07, 6.45) is 3.32. The molecule has 0 saturated carbocycles. The smallest absolute Gasteiger partial charge is 0.328 e. The van der Waals surface area contributed by atoms with Gasteiger partial charge in [-0.25, -0.2) is 4.79 Å². The number of hydrogen-bond donors (Lipinski definition) is 2. The maximum atomic E-state index is 12.7. The molecule has 1 aliphatic rings. The Bertz CT molecular complexity index is 895. The number of carbonyl (C=O) groups excluding carboxylic acids is 1. The zero-order valence-corrected chi connectivity index (χ0v) is 14.3. The van der Waals surface area contributed by atoms with Crippen molar-refractivity contribution in [2.45, 2.75) is 31.9 Å². The van der Waals surface area contributed by atoms with Gasteiger partial charge in [-0.1, -0.05) is 0 Å². The molecule has 3 rings (SSSR count). The third-order valence-electron chi connectivity index (χ3n) is 4.79. The Balaban J connectivity index is 1.83. The van der Waals surface area contributed by atoms with E-state index in [9.17, 15) is 19.5 Å². The fourth-order valence-electron chi connectivity index (χ4n) is 3.28. The molecule has 0 unspecified atom stereocenters. The van der Waals surface area contributed by atoms with Crippen LogP contribution in [0, 0.1) is 6.92 Å². The molecular weight excluding hydrogens is 324 g/mol. The number of aromatic amines is 1. The highest BCUT2D eigenvalue weighted by molar-refractivity contribution is 5.92. The Morgan fingerprint density at radius 1 is 1.28 bits per heavy atom. The number of H-pyrrole nitrogens is 1. The maximum absolute atomic E-state index is 12.7. The molecule has 0 radical (unpaired) electrons. The molecule has 0 spiro atoms. The summed E-state index contributed by atoms with van der Waals surface area (Å²) in [7, 11) is 1.81. The van der Waals surface area contributed by atoms with Gasteiger partial charge in [-0.05, 0) is 31.9 Å². The predicted molar refractivity (Wildman–Crippen MR) is 91.7 cm³/mol. The zero-order chi connectivity index (χ0) is 18.1. The molecule has 0 aromatic carbocycles. The van der Waals surface area contributed by atoms with Gasteiger partial charge in [-0.15, -0.1) is 0 Å². The van der Waals surface area contributed by atoms with Crippen molar-refractivity contribution in [2.24, 2.45) is 7.05 Å². The first kappa shape index (κ1) is 17.2. The molecule has 1 saturated heterocycles. The summed E-state index contributed by atoms with van der Waals surface area (Å²) in [6.45, 7) is 2.46. The van der Waals surface area contributed by atoms with Crippen LogP contribution in [0.3, 0.4) is 0 Å². The van der Waals surface area contributed by atoms with E-state index in [0.29, 0.717) is 37.2 Å². The van der Waals surface area contributed by atoms with Crippen LogP contribution in [-0.4, -0.2) is 49.2 Å². The Hall–Kier alpha value is -2.61. The van der Waals surface area contributed by atoms with E-state index in [4.69, 9.17) is 0 Å². The molecule has 8 nitrogen and oxygen atoms in total. The van der Waals surface area contributed by atoms with Crippen molar-refractivity contribution >= 4 is 5.91 Å². The molecule has 2 N–H and O–H groups in total. The number of carbonyl (C=O) groups is 1. The quantitative estimate of drug-likeness (QED) is 0.801. The van der Waals surface area contributed by atoms with Crippen molar-refractivity contribution in [3.8, 4) is 0 Å². The number of likely N-dealkylation sites (tertiary alicyclic amines) is 1. The van der Waals surface area contributed by atoms with Crippen LogP contribution in [0.4, 0.5) is 0 Å². The molecule has 134 valence electrons. The SMILES string of the molecule is Cc1cn([C@H]2CCN(C(=O)c3cccn3C)CC[C@@H]2O)c(=O)[nH]c1=O. The van der Waals surface area contributed by atoms with E-state index >= 15 is 0 Å². The summed E-state index contributed by atoms with van der Waals surface area (Å²) in [5.74, 6) is -0.0923. The van der Waals surface area contributed by atoms with Crippen LogP contribution >= 0.6 is 0 Å². The number of aromatic nitrogens is 3. The second kappa shape index (κ2) is 6.72. The van der Waals surface area contributed by atoms with Crippen molar-refractivity contribution in [3.05, 3.63) is 56.6 Å². The first-order valence-corrected chi connectivity index (χ1v) is 8.29. The molecule has 1 amide bonds. The Morgan fingerprint density at radius 2 is 2.00 bits per heavy atom. The van der Waals surface area contributed by atoms with Crippen molar-refractivity contribution < 1.29 is 9.90 Å². The molecule has 0 bridgehead atoms. The van der Waals surface area contributed by atoms with E-state index in [2.05, 4.69) is 4.98 Å². The standard InChI is InChI=1S/C17H22N4O4/c1-11-10-21(17(25)18-15(11)23)12-5-8-20(9-6-14(12)22)16(24)13-4-3-7-19(13)2/h3-4,7,10,12,14,22H,5-6,8-9H2,1-2H3,(H,18,23,25)/t12-,14-/m0/s1. The molecule has 25 heavy (non-hydrogen) atoms. The highest BCUT2D eigenvalue weighted by atomic mass is 16.3. The molecule has 2 aromatic heterocycles. The number of rotatable bonds is 2. The number of aryl methyl sites for hydroxylation is 2. The molecular formula is C17H22N4O4. The van der Waals surface area contributed by atoms with Crippen molar-refractivity contribution in [2.75, 3.05) is 13.1 Å². The number of amides is 1. The van der Waals surface area contributed by atoms with E-state index in [0.717, 1.165) is 0 Å². The molecule has 2 aromatic rings. The lowest BCUT2D eigenvalue weighted by atomic mass is 10.1. The predicted octanol–water partition coefficient (Wildman–Crippen LogP) is 0.0217. The number of nitrogens with one attached hydrogen (secondary N) is 1. The Kier molecular flexibility index (Phi) is 4.63. The van der Waals surface area contributed by atoms with E-state index < -0.39 is 23.4 Å². The van der Waals surface area contributed by atoms with Crippen LogP contribution in [0.25, 0.3) is 0 Å². The normalized spacial score (nSPS) is 21.2. The Morgan fingerprint density at radius 3 is 2.68 bits per heavy atom. The van der Waals surface area contributed by atoms with Crippen LogP contribution in [-0.2, 0) is 7.05 Å². The largest absolute Gasteiger partial charge is 0.391 e. The van der Waals surface area contributed by atoms with E-state index in [1.165, 1.54) is 10.8 Å². The van der Waals surface area contributed by atoms with Crippen LogP contribution in [0.15, 0.2) is 34.1 Å². The second-order valence-electron chi connectivity index (χ2n) is 6.49. The van der Waals surface area contributed by atoms with Gasteiger partial charge in [-0.3, -0.25) is 19.1 Å². The fourth-order valence-corrected chi connectivity index (χ4v) is 3.28. The van der Waals surface area contributed by atoms with Crippen molar-refractivity contribution in [1.82, 2.24) is 19.0 Å². The fraction of sp³-hybridized carbons (Fsp3) is 0.471. The van der Waals surface area contributed by atoms with Crippen molar-refractivity contribution in [3.63, 3.8) is 0 Å². The Labute approximate surface area is 144 Å². The number of aliphatic hydroxyl groups is 1. The maximum Gasteiger partial charge on any atom is 0.328 e. The van der Waals surface area contributed by atoms with Gasteiger partial charge >= 0.3 is 5.69 Å². The minimum absolute atomic E-state index is 0.0923. The zero-order valence-electron chi connectivity index (χ0n) is 14.3. The number of hydrogen-bond acceptors (Lipinski definition) is 4. The van der Waals surface area contributed by atoms with Gasteiger partial charge in [0.25, 0.3) is 11.5 Å². The van der Waals surface area contributed by atoms with Crippen LogP contribution in [0.2, 0.25) is 0 Å². The van der Waals surface area contributed by atoms with Gasteiger partial charge in [0.2, 0.25) is 0 Å². The third kappa shape index (κ3) is 3.30. The molecule has 1 aliphatic heterocycles. The average Bonchev–Trinajstić information content (AvgIpc) is 2.90. The summed E-state index contributed by atoms with van der Waals surface area (Å²) in [6, 6.07) is 3.09.